The Morgan fingerprint density at radius 2 is 1.67 bits per heavy atom. The van der Waals surface area contributed by atoms with Crippen LogP contribution in [-0.4, -0.2) is 9.97 Å². The van der Waals surface area contributed by atoms with Crippen molar-refractivity contribution in [1.29, 1.82) is 0 Å². The van der Waals surface area contributed by atoms with Crippen molar-refractivity contribution in [2.45, 2.75) is 26.3 Å². The molecule has 0 bridgehead atoms. The molecule has 0 unspecified atom stereocenters. The first-order valence-electron chi connectivity index (χ1n) is 7.27. The molecule has 0 fully saturated rings. The zero-order chi connectivity index (χ0) is 14.7. The molecule has 0 radical (unpaired) electrons. The van der Waals surface area contributed by atoms with Crippen LogP contribution >= 0.6 is 0 Å². The molecule has 2 aromatic carbocycles. The van der Waals surface area contributed by atoms with Gasteiger partial charge in [0.25, 0.3) is 0 Å². The highest BCUT2D eigenvalue weighted by Crippen LogP contribution is 2.17. The van der Waals surface area contributed by atoms with Crippen LogP contribution < -0.4 is 5.32 Å². The lowest BCUT2D eigenvalue weighted by Gasteiger charge is -2.09. The molecule has 21 heavy (non-hydrogen) atoms. The van der Waals surface area contributed by atoms with Crippen LogP contribution in [0.15, 0.2) is 54.7 Å². The van der Waals surface area contributed by atoms with E-state index in [0.717, 1.165) is 22.4 Å². The first-order chi connectivity index (χ1) is 10.2. The Morgan fingerprint density at radius 1 is 0.952 bits per heavy atom. The van der Waals surface area contributed by atoms with Gasteiger partial charge in [-0.25, -0.2) is 4.98 Å². The van der Waals surface area contributed by atoms with Crippen molar-refractivity contribution in [1.82, 2.24) is 9.97 Å². The molecule has 0 amide bonds. The molecule has 1 aromatic heterocycles. The molecule has 106 valence electrons. The van der Waals surface area contributed by atoms with Gasteiger partial charge in [-0.3, -0.25) is 4.98 Å². The van der Waals surface area contributed by atoms with Crippen molar-refractivity contribution in [3.05, 3.63) is 66.0 Å². The lowest BCUT2D eigenvalue weighted by atomic mass is 10.0. The number of rotatable bonds is 4. The van der Waals surface area contributed by atoms with Crippen LogP contribution in [0.2, 0.25) is 0 Å². The van der Waals surface area contributed by atoms with Gasteiger partial charge in [0.05, 0.1) is 29.5 Å². The Labute approximate surface area is 125 Å². The summed E-state index contributed by atoms with van der Waals surface area (Å²) < 4.78 is 0. The number of hydrogen-bond donors (Lipinski definition) is 1. The number of para-hydroxylation sites is 2. The fourth-order valence-corrected chi connectivity index (χ4v) is 2.26. The topological polar surface area (TPSA) is 37.8 Å². The predicted octanol–water partition coefficient (Wildman–Crippen LogP) is 4.37. The predicted molar refractivity (Wildman–Crippen MR) is 87.4 cm³/mol. The molecule has 1 N–H and O–H groups in total. The summed E-state index contributed by atoms with van der Waals surface area (Å²) >= 11 is 0. The van der Waals surface area contributed by atoms with Crippen molar-refractivity contribution >= 4 is 16.7 Å². The lowest BCUT2D eigenvalue weighted by Crippen LogP contribution is -2.02. The van der Waals surface area contributed by atoms with Crippen LogP contribution in [0.4, 0.5) is 5.69 Å². The third kappa shape index (κ3) is 3.19. The summed E-state index contributed by atoms with van der Waals surface area (Å²) in [5.41, 5.74) is 5.27. The van der Waals surface area contributed by atoms with E-state index in [1.165, 1.54) is 5.56 Å². The van der Waals surface area contributed by atoms with Crippen molar-refractivity contribution < 1.29 is 0 Å². The zero-order valence-electron chi connectivity index (χ0n) is 12.4. The van der Waals surface area contributed by atoms with Crippen LogP contribution in [0.1, 0.15) is 31.0 Å². The lowest BCUT2D eigenvalue weighted by molar-refractivity contribution is 0.866. The molecule has 0 aliphatic heterocycles. The molecule has 0 atom stereocenters. The van der Waals surface area contributed by atoms with Gasteiger partial charge in [-0.15, -0.1) is 0 Å². The Kier molecular flexibility index (Phi) is 3.82. The van der Waals surface area contributed by atoms with E-state index in [0.29, 0.717) is 12.5 Å². The third-order valence-corrected chi connectivity index (χ3v) is 3.55. The second-order valence-corrected chi connectivity index (χ2v) is 5.48. The monoisotopic (exact) mass is 277 g/mol. The smallest absolute Gasteiger partial charge is 0.0890 e. The Bertz CT molecular complexity index is 733. The minimum absolute atomic E-state index is 0.561. The molecular formula is C18H19N3. The SMILES string of the molecule is CC(C)c1ccc(NCc2cnc3ccccc3n2)cc1. The maximum atomic E-state index is 4.61. The van der Waals surface area contributed by atoms with Crippen LogP contribution in [0, 0.1) is 0 Å². The summed E-state index contributed by atoms with van der Waals surface area (Å²) in [6, 6.07) is 16.5. The van der Waals surface area contributed by atoms with Gasteiger partial charge in [0.15, 0.2) is 0 Å². The average Bonchev–Trinajstić information content (AvgIpc) is 2.53. The number of hydrogen-bond acceptors (Lipinski definition) is 3. The minimum atomic E-state index is 0.561. The summed E-state index contributed by atoms with van der Waals surface area (Å²) in [4.78, 5) is 9.04. The summed E-state index contributed by atoms with van der Waals surface area (Å²) in [5, 5.41) is 3.39. The third-order valence-electron chi connectivity index (χ3n) is 3.55. The van der Waals surface area contributed by atoms with Crippen molar-refractivity contribution in [2.24, 2.45) is 0 Å². The van der Waals surface area contributed by atoms with E-state index in [-0.39, 0.29) is 0 Å². The fraction of sp³-hybridized carbons (Fsp3) is 0.222. The molecule has 3 heteroatoms. The van der Waals surface area contributed by atoms with Crippen LogP contribution in [0.3, 0.4) is 0 Å². The number of benzene rings is 2. The largest absolute Gasteiger partial charge is 0.379 e. The molecule has 0 saturated heterocycles. The highest BCUT2D eigenvalue weighted by Gasteiger charge is 2.01. The second kappa shape index (κ2) is 5.92. The zero-order valence-corrected chi connectivity index (χ0v) is 12.4. The van der Waals surface area contributed by atoms with Crippen LogP contribution in [0.5, 0.6) is 0 Å². The van der Waals surface area contributed by atoms with E-state index in [1.807, 2.05) is 30.5 Å². The highest BCUT2D eigenvalue weighted by molar-refractivity contribution is 5.73. The molecule has 1 heterocycles. The van der Waals surface area contributed by atoms with Crippen LogP contribution in [0.25, 0.3) is 11.0 Å². The van der Waals surface area contributed by atoms with Crippen molar-refractivity contribution in [3.8, 4) is 0 Å². The van der Waals surface area contributed by atoms with Gasteiger partial charge in [0, 0.05) is 5.69 Å². The van der Waals surface area contributed by atoms with Gasteiger partial charge in [-0.1, -0.05) is 38.1 Å². The van der Waals surface area contributed by atoms with Gasteiger partial charge in [-0.2, -0.15) is 0 Å². The van der Waals surface area contributed by atoms with Gasteiger partial charge in [-0.05, 0) is 35.7 Å². The molecule has 3 nitrogen and oxygen atoms in total. The normalized spacial score (nSPS) is 11.0. The van der Waals surface area contributed by atoms with Gasteiger partial charge in [0.2, 0.25) is 0 Å². The molecular weight excluding hydrogens is 258 g/mol. The first kappa shape index (κ1) is 13.6. The number of nitrogens with zero attached hydrogens (tertiary/aromatic N) is 2. The Morgan fingerprint density at radius 3 is 2.38 bits per heavy atom. The van der Waals surface area contributed by atoms with E-state index in [1.54, 1.807) is 0 Å². The summed E-state index contributed by atoms with van der Waals surface area (Å²) in [7, 11) is 0. The molecule has 3 rings (SSSR count). The van der Waals surface area contributed by atoms with Crippen molar-refractivity contribution in [2.75, 3.05) is 5.32 Å². The molecule has 3 aromatic rings. The maximum Gasteiger partial charge on any atom is 0.0890 e. The number of fused-ring (bicyclic) bond motifs is 1. The summed E-state index contributed by atoms with van der Waals surface area (Å²) in [5.74, 6) is 0.561. The maximum absolute atomic E-state index is 4.61. The summed E-state index contributed by atoms with van der Waals surface area (Å²) in [6.45, 7) is 5.08. The average molecular weight is 277 g/mol. The van der Waals surface area contributed by atoms with Gasteiger partial charge < -0.3 is 5.32 Å². The summed E-state index contributed by atoms with van der Waals surface area (Å²) in [6.07, 6.45) is 1.83. The highest BCUT2D eigenvalue weighted by atomic mass is 14.9. The first-order valence-corrected chi connectivity index (χ1v) is 7.27. The fourth-order valence-electron chi connectivity index (χ4n) is 2.26. The molecule has 0 aliphatic rings. The Hall–Kier alpha value is -2.42. The van der Waals surface area contributed by atoms with E-state index in [2.05, 4.69) is 53.4 Å². The minimum Gasteiger partial charge on any atom is -0.379 e. The second-order valence-electron chi connectivity index (χ2n) is 5.48. The van der Waals surface area contributed by atoms with E-state index >= 15 is 0 Å². The quantitative estimate of drug-likeness (QED) is 0.769. The van der Waals surface area contributed by atoms with E-state index in [4.69, 9.17) is 0 Å². The molecule has 0 saturated carbocycles. The van der Waals surface area contributed by atoms with Gasteiger partial charge in [0.1, 0.15) is 0 Å². The Balaban J connectivity index is 1.71. The van der Waals surface area contributed by atoms with Crippen LogP contribution in [-0.2, 0) is 6.54 Å². The number of aromatic nitrogens is 2. The number of anilines is 1. The standard InChI is InChI=1S/C18H19N3/c1-13(2)14-7-9-15(10-8-14)19-11-16-12-20-17-5-3-4-6-18(17)21-16/h3-10,12-13,19H,11H2,1-2H3. The van der Waals surface area contributed by atoms with Crippen molar-refractivity contribution in [3.63, 3.8) is 0 Å². The van der Waals surface area contributed by atoms with E-state index < -0.39 is 0 Å². The molecule has 0 spiro atoms. The van der Waals surface area contributed by atoms with E-state index in [9.17, 15) is 0 Å². The number of nitrogens with one attached hydrogen (secondary N) is 1. The van der Waals surface area contributed by atoms with Gasteiger partial charge >= 0.3 is 0 Å². The molecule has 0 aliphatic carbocycles.